The Kier molecular flexibility index (Phi) is 4.24. The minimum Gasteiger partial charge on any atom is -0.396 e. The molecule has 2 N–H and O–H groups in total. The molecule has 1 aromatic heterocycles. The first kappa shape index (κ1) is 15.8. The van der Waals surface area contributed by atoms with E-state index >= 15 is 0 Å². The van der Waals surface area contributed by atoms with Crippen LogP contribution in [0.1, 0.15) is 5.69 Å². The van der Waals surface area contributed by atoms with Gasteiger partial charge in [-0.2, -0.15) is 18.2 Å². The van der Waals surface area contributed by atoms with Crippen molar-refractivity contribution in [3.63, 3.8) is 0 Å². The number of nitrogens with one attached hydrogen (secondary N) is 1. The van der Waals surface area contributed by atoms with Gasteiger partial charge in [-0.05, 0) is 0 Å². The first-order chi connectivity index (χ1) is 9.76. The average Bonchev–Trinajstić information content (AvgIpc) is 2.36. The van der Waals surface area contributed by atoms with Gasteiger partial charge < -0.3 is 20.1 Å². The summed E-state index contributed by atoms with van der Waals surface area (Å²) in [4.78, 5) is 8.98. The number of nitrogens with zero attached hydrogens (tertiary/aromatic N) is 3. The predicted molar refractivity (Wildman–Crippen MR) is 70.2 cm³/mol. The second kappa shape index (κ2) is 5.64. The summed E-state index contributed by atoms with van der Waals surface area (Å²) in [5.41, 5.74) is -1.48. The predicted octanol–water partition coefficient (Wildman–Crippen LogP) is 0.982. The largest absolute Gasteiger partial charge is 0.433 e. The quantitative estimate of drug-likeness (QED) is 0.845. The zero-order chi connectivity index (χ0) is 15.7. The van der Waals surface area contributed by atoms with Gasteiger partial charge in [-0.1, -0.05) is 0 Å². The third kappa shape index (κ3) is 3.53. The van der Waals surface area contributed by atoms with Crippen molar-refractivity contribution >= 4 is 11.8 Å². The summed E-state index contributed by atoms with van der Waals surface area (Å²) in [6, 6.07) is 0.888. The standard InChI is InChI=1S/C12H17F3N4O2/c1-19(2)9-3-8(12(13,14)15)17-10(18-9)16-4-11(5-20)6-21-7-11/h3,20H,4-7H2,1-2H3,(H,16,17,18). The number of aliphatic hydroxyl groups excluding tert-OH is 1. The molecule has 1 saturated heterocycles. The van der Waals surface area contributed by atoms with Crippen molar-refractivity contribution in [2.45, 2.75) is 6.18 Å². The van der Waals surface area contributed by atoms with Crippen molar-refractivity contribution in [1.82, 2.24) is 9.97 Å². The number of rotatable bonds is 5. The number of anilines is 2. The SMILES string of the molecule is CN(C)c1cc(C(F)(F)F)nc(NCC2(CO)COC2)n1. The molecule has 118 valence electrons. The third-order valence-corrected chi connectivity index (χ3v) is 3.23. The van der Waals surface area contributed by atoms with Crippen LogP contribution in [-0.2, 0) is 10.9 Å². The van der Waals surface area contributed by atoms with Gasteiger partial charge in [-0.25, -0.2) is 4.98 Å². The molecule has 6 nitrogen and oxygen atoms in total. The molecule has 0 aromatic carbocycles. The van der Waals surface area contributed by atoms with E-state index in [0.717, 1.165) is 6.07 Å². The molecule has 1 aliphatic rings. The van der Waals surface area contributed by atoms with Gasteiger partial charge in [0.05, 0.1) is 25.2 Å². The number of aliphatic hydroxyl groups is 1. The number of halogens is 3. The van der Waals surface area contributed by atoms with Crippen LogP contribution in [0, 0.1) is 5.41 Å². The highest BCUT2D eigenvalue weighted by Crippen LogP contribution is 2.31. The summed E-state index contributed by atoms with van der Waals surface area (Å²) in [7, 11) is 3.20. The van der Waals surface area contributed by atoms with Gasteiger partial charge in [0.15, 0.2) is 5.69 Å². The smallest absolute Gasteiger partial charge is 0.396 e. The molecule has 0 unspecified atom stereocenters. The Morgan fingerprint density at radius 2 is 2.05 bits per heavy atom. The van der Waals surface area contributed by atoms with Gasteiger partial charge in [0.25, 0.3) is 0 Å². The Morgan fingerprint density at radius 3 is 2.48 bits per heavy atom. The molecule has 9 heteroatoms. The van der Waals surface area contributed by atoms with Crippen molar-refractivity contribution in [2.24, 2.45) is 5.41 Å². The molecule has 0 saturated carbocycles. The van der Waals surface area contributed by atoms with Crippen molar-refractivity contribution in [2.75, 3.05) is 50.7 Å². The number of ether oxygens (including phenoxy) is 1. The molecule has 1 aromatic rings. The summed E-state index contributed by atoms with van der Waals surface area (Å²) in [5, 5.41) is 12.0. The molecule has 0 bridgehead atoms. The van der Waals surface area contributed by atoms with Gasteiger partial charge >= 0.3 is 6.18 Å². The molecule has 1 aliphatic heterocycles. The molecule has 0 radical (unpaired) electrons. The molecule has 0 atom stereocenters. The van der Waals surface area contributed by atoms with E-state index < -0.39 is 17.3 Å². The van der Waals surface area contributed by atoms with Crippen molar-refractivity contribution in [1.29, 1.82) is 0 Å². The first-order valence-corrected chi connectivity index (χ1v) is 6.32. The summed E-state index contributed by atoms with van der Waals surface area (Å²) >= 11 is 0. The fourth-order valence-electron chi connectivity index (χ4n) is 1.79. The zero-order valence-corrected chi connectivity index (χ0v) is 11.7. The van der Waals surface area contributed by atoms with Crippen molar-refractivity contribution < 1.29 is 23.0 Å². The molecule has 1 fully saturated rings. The Hall–Kier alpha value is -1.61. The van der Waals surface area contributed by atoms with Crippen LogP contribution < -0.4 is 10.2 Å². The van der Waals surface area contributed by atoms with E-state index in [2.05, 4.69) is 15.3 Å². The molecule has 0 aliphatic carbocycles. The van der Waals surface area contributed by atoms with E-state index in [1.165, 1.54) is 4.90 Å². The topological polar surface area (TPSA) is 70.5 Å². The van der Waals surface area contributed by atoms with Gasteiger partial charge in [0.2, 0.25) is 5.95 Å². The minimum absolute atomic E-state index is 0.112. The summed E-state index contributed by atoms with van der Waals surface area (Å²) in [6.45, 7) is 0.850. The Labute approximate surface area is 119 Å². The lowest BCUT2D eigenvalue weighted by atomic mass is 9.87. The number of hydrogen-bond donors (Lipinski definition) is 2. The molecular weight excluding hydrogens is 289 g/mol. The fourth-order valence-corrected chi connectivity index (χ4v) is 1.79. The number of alkyl halides is 3. The van der Waals surface area contributed by atoms with Crippen molar-refractivity contribution in [3.05, 3.63) is 11.8 Å². The average molecular weight is 306 g/mol. The van der Waals surface area contributed by atoms with E-state index in [4.69, 9.17) is 4.74 Å². The van der Waals surface area contributed by atoms with Gasteiger partial charge in [-0.15, -0.1) is 0 Å². The van der Waals surface area contributed by atoms with E-state index in [0.29, 0.717) is 13.2 Å². The Bertz CT molecular complexity index is 498. The molecule has 2 rings (SSSR count). The number of aromatic nitrogens is 2. The van der Waals surface area contributed by atoms with Crippen LogP contribution >= 0.6 is 0 Å². The highest BCUT2D eigenvalue weighted by atomic mass is 19.4. The van der Waals surface area contributed by atoms with Crippen LogP contribution in [0.4, 0.5) is 24.9 Å². The van der Waals surface area contributed by atoms with E-state index in [-0.39, 0.29) is 24.9 Å². The van der Waals surface area contributed by atoms with Crippen molar-refractivity contribution in [3.8, 4) is 0 Å². The molecule has 2 heterocycles. The maximum absolute atomic E-state index is 12.8. The van der Waals surface area contributed by atoms with E-state index in [1.807, 2.05) is 0 Å². The van der Waals surface area contributed by atoms with Gasteiger partial charge in [0, 0.05) is 26.7 Å². The van der Waals surface area contributed by atoms with Gasteiger partial charge in [0.1, 0.15) is 5.82 Å². The zero-order valence-electron chi connectivity index (χ0n) is 11.7. The van der Waals surface area contributed by atoms with Crippen LogP contribution in [0.5, 0.6) is 0 Å². The lowest BCUT2D eigenvalue weighted by molar-refractivity contribution is -0.141. The normalized spacial score (nSPS) is 17.2. The lowest BCUT2D eigenvalue weighted by Gasteiger charge is -2.39. The molecule has 0 amide bonds. The number of hydrogen-bond acceptors (Lipinski definition) is 6. The minimum atomic E-state index is -4.54. The summed E-state index contributed by atoms with van der Waals surface area (Å²) in [5.74, 6) is 0.0379. The van der Waals surface area contributed by atoms with Crippen LogP contribution in [0.25, 0.3) is 0 Å². The van der Waals surface area contributed by atoms with E-state index in [1.54, 1.807) is 14.1 Å². The Balaban J connectivity index is 2.20. The van der Waals surface area contributed by atoms with Crippen LogP contribution in [0.15, 0.2) is 6.07 Å². The lowest BCUT2D eigenvalue weighted by Crippen LogP contribution is -2.50. The van der Waals surface area contributed by atoms with Gasteiger partial charge in [-0.3, -0.25) is 0 Å². The highest BCUT2D eigenvalue weighted by Gasteiger charge is 2.38. The fraction of sp³-hybridized carbons (Fsp3) is 0.667. The summed E-state index contributed by atoms with van der Waals surface area (Å²) in [6.07, 6.45) is -4.54. The first-order valence-electron chi connectivity index (χ1n) is 6.32. The monoisotopic (exact) mass is 306 g/mol. The molecule has 0 spiro atoms. The highest BCUT2D eigenvalue weighted by molar-refractivity contribution is 5.44. The molecular formula is C12H17F3N4O2. The second-order valence-corrected chi connectivity index (χ2v) is 5.33. The maximum Gasteiger partial charge on any atom is 0.433 e. The van der Waals surface area contributed by atoms with E-state index in [9.17, 15) is 18.3 Å². The third-order valence-electron chi connectivity index (χ3n) is 3.23. The molecule has 21 heavy (non-hydrogen) atoms. The maximum atomic E-state index is 12.8. The summed E-state index contributed by atoms with van der Waals surface area (Å²) < 4.78 is 43.5. The van der Waals surface area contributed by atoms with Crippen LogP contribution in [0.2, 0.25) is 0 Å². The second-order valence-electron chi connectivity index (χ2n) is 5.33. The van der Waals surface area contributed by atoms with Crippen LogP contribution in [0.3, 0.4) is 0 Å². The Morgan fingerprint density at radius 1 is 1.38 bits per heavy atom. The van der Waals surface area contributed by atoms with Crippen LogP contribution in [-0.4, -0.2) is 55.5 Å².